The molecule has 1 heterocycles. The molecule has 0 spiro atoms. The fourth-order valence-corrected chi connectivity index (χ4v) is 2.99. The van der Waals surface area contributed by atoms with Crippen LogP contribution < -0.4 is 10.6 Å². The Hall–Kier alpha value is -1.52. The Kier molecular flexibility index (Phi) is 7.26. The third-order valence-electron chi connectivity index (χ3n) is 4.29. The maximum absolute atomic E-state index is 4.72. The lowest BCUT2D eigenvalue weighted by Crippen LogP contribution is -2.44. The molecule has 0 unspecified atom stereocenters. The van der Waals surface area contributed by atoms with Crippen LogP contribution in [-0.2, 0) is 6.54 Å². The first-order valence-electron chi connectivity index (χ1n) is 8.82. The fraction of sp³-hybridized carbons (Fsp3) is 0.765. The Morgan fingerprint density at radius 1 is 1.32 bits per heavy atom. The van der Waals surface area contributed by atoms with E-state index >= 15 is 0 Å². The Bertz CT molecular complexity index is 446. The van der Waals surface area contributed by atoms with Crippen LogP contribution in [0.1, 0.15) is 57.7 Å². The molecule has 1 aliphatic rings. The summed E-state index contributed by atoms with van der Waals surface area (Å²) in [5, 5.41) is 6.96. The van der Waals surface area contributed by atoms with Gasteiger partial charge in [-0.1, -0.05) is 19.3 Å². The normalized spacial score (nSPS) is 16.7. The van der Waals surface area contributed by atoms with Gasteiger partial charge in [0, 0.05) is 38.1 Å². The zero-order valence-corrected chi connectivity index (χ0v) is 14.1. The van der Waals surface area contributed by atoms with Gasteiger partial charge in [-0.15, -0.1) is 0 Å². The van der Waals surface area contributed by atoms with Crippen molar-refractivity contribution in [3.05, 3.63) is 18.2 Å². The maximum Gasteiger partial charge on any atom is 0.191 e. The summed E-state index contributed by atoms with van der Waals surface area (Å²) < 4.78 is 2.20. The van der Waals surface area contributed by atoms with Gasteiger partial charge in [-0.25, -0.2) is 4.98 Å². The van der Waals surface area contributed by atoms with Gasteiger partial charge in [-0.2, -0.15) is 0 Å². The van der Waals surface area contributed by atoms with Gasteiger partial charge in [0.05, 0.1) is 0 Å². The van der Waals surface area contributed by atoms with Gasteiger partial charge in [0.1, 0.15) is 5.82 Å². The fourth-order valence-electron chi connectivity index (χ4n) is 2.99. The number of rotatable bonds is 7. The average molecular weight is 305 g/mol. The Morgan fingerprint density at radius 2 is 2.14 bits per heavy atom. The molecule has 5 nitrogen and oxygen atoms in total. The predicted molar refractivity (Wildman–Crippen MR) is 92.2 cm³/mol. The van der Waals surface area contributed by atoms with Crippen LogP contribution in [0.25, 0.3) is 0 Å². The van der Waals surface area contributed by atoms with Crippen LogP contribution in [0.4, 0.5) is 0 Å². The first-order valence-corrected chi connectivity index (χ1v) is 8.82. The number of guanidine groups is 1. The molecule has 0 aliphatic heterocycles. The minimum atomic E-state index is 0.611. The number of nitrogens with one attached hydrogen (secondary N) is 2. The van der Waals surface area contributed by atoms with Crippen molar-refractivity contribution in [2.75, 3.05) is 13.1 Å². The molecule has 0 saturated heterocycles. The summed E-state index contributed by atoms with van der Waals surface area (Å²) in [5.74, 6) is 2.09. The number of aryl methyl sites for hydroxylation is 2. The van der Waals surface area contributed by atoms with Crippen molar-refractivity contribution in [1.29, 1.82) is 0 Å². The van der Waals surface area contributed by atoms with E-state index in [1.807, 2.05) is 12.4 Å². The zero-order valence-electron chi connectivity index (χ0n) is 14.1. The number of aliphatic imine (C=N–C) groups is 1. The number of hydrogen-bond acceptors (Lipinski definition) is 2. The molecule has 1 saturated carbocycles. The van der Waals surface area contributed by atoms with E-state index in [1.165, 1.54) is 32.1 Å². The third-order valence-corrected chi connectivity index (χ3v) is 4.29. The minimum Gasteiger partial charge on any atom is -0.357 e. The van der Waals surface area contributed by atoms with Gasteiger partial charge in [-0.05, 0) is 39.5 Å². The number of unbranched alkanes of at least 4 members (excludes halogenated alkanes) is 1. The maximum atomic E-state index is 4.72. The highest BCUT2D eigenvalue weighted by atomic mass is 15.2. The van der Waals surface area contributed by atoms with E-state index in [-0.39, 0.29) is 0 Å². The monoisotopic (exact) mass is 305 g/mol. The van der Waals surface area contributed by atoms with Gasteiger partial charge in [0.15, 0.2) is 5.96 Å². The molecule has 124 valence electrons. The summed E-state index contributed by atoms with van der Waals surface area (Å²) in [7, 11) is 0. The summed E-state index contributed by atoms with van der Waals surface area (Å²) >= 11 is 0. The van der Waals surface area contributed by atoms with Gasteiger partial charge >= 0.3 is 0 Å². The lowest BCUT2D eigenvalue weighted by molar-refractivity contribution is 0.410. The van der Waals surface area contributed by atoms with Crippen LogP contribution in [0.15, 0.2) is 17.4 Å². The van der Waals surface area contributed by atoms with Gasteiger partial charge in [0.25, 0.3) is 0 Å². The summed E-state index contributed by atoms with van der Waals surface area (Å²) in [5.41, 5.74) is 0. The smallest absolute Gasteiger partial charge is 0.191 e. The lowest BCUT2D eigenvalue weighted by atomic mass is 9.96. The molecule has 0 radical (unpaired) electrons. The molecule has 1 aliphatic carbocycles. The average Bonchev–Trinajstić information content (AvgIpc) is 2.93. The van der Waals surface area contributed by atoms with Crippen molar-refractivity contribution in [3.8, 4) is 0 Å². The molecule has 2 rings (SSSR count). The van der Waals surface area contributed by atoms with E-state index in [4.69, 9.17) is 4.99 Å². The molecule has 1 fully saturated rings. The summed E-state index contributed by atoms with van der Waals surface area (Å²) in [6.07, 6.45) is 12.8. The Balaban J connectivity index is 1.69. The minimum absolute atomic E-state index is 0.611. The molecule has 0 aromatic carbocycles. The largest absolute Gasteiger partial charge is 0.357 e. The predicted octanol–water partition coefficient (Wildman–Crippen LogP) is 2.86. The molecule has 0 bridgehead atoms. The van der Waals surface area contributed by atoms with Crippen LogP contribution in [0.3, 0.4) is 0 Å². The first-order chi connectivity index (χ1) is 10.8. The standard InChI is InChI=1S/C17H31N5/c1-3-18-17(21-16-9-5-4-6-10-16)20-11-7-8-13-22-14-12-19-15(22)2/h12,14,16H,3-11,13H2,1-2H3,(H2,18,20,21). The molecule has 2 N–H and O–H groups in total. The van der Waals surface area contributed by atoms with Crippen molar-refractivity contribution in [2.24, 2.45) is 4.99 Å². The molecule has 1 aromatic rings. The highest BCUT2D eigenvalue weighted by Gasteiger charge is 2.14. The number of aromatic nitrogens is 2. The lowest BCUT2D eigenvalue weighted by Gasteiger charge is -2.24. The van der Waals surface area contributed by atoms with Crippen LogP contribution in [0, 0.1) is 6.92 Å². The van der Waals surface area contributed by atoms with Crippen molar-refractivity contribution in [1.82, 2.24) is 20.2 Å². The Morgan fingerprint density at radius 3 is 2.82 bits per heavy atom. The van der Waals surface area contributed by atoms with Crippen LogP contribution in [-0.4, -0.2) is 34.6 Å². The number of hydrogen-bond donors (Lipinski definition) is 2. The molecular weight excluding hydrogens is 274 g/mol. The van der Waals surface area contributed by atoms with E-state index in [1.54, 1.807) is 0 Å². The second-order valence-electron chi connectivity index (χ2n) is 6.11. The molecular formula is C17H31N5. The van der Waals surface area contributed by atoms with Crippen LogP contribution in [0.5, 0.6) is 0 Å². The van der Waals surface area contributed by atoms with E-state index < -0.39 is 0 Å². The number of nitrogens with zero attached hydrogens (tertiary/aromatic N) is 3. The summed E-state index contributed by atoms with van der Waals surface area (Å²) in [6.45, 7) is 7.02. The molecule has 0 amide bonds. The van der Waals surface area contributed by atoms with Gasteiger partial charge < -0.3 is 15.2 Å². The first kappa shape index (κ1) is 16.8. The van der Waals surface area contributed by atoms with Crippen molar-refractivity contribution >= 4 is 5.96 Å². The van der Waals surface area contributed by atoms with Gasteiger partial charge in [0.2, 0.25) is 0 Å². The van der Waals surface area contributed by atoms with Gasteiger partial charge in [-0.3, -0.25) is 4.99 Å². The van der Waals surface area contributed by atoms with E-state index in [0.717, 1.165) is 44.3 Å². The van der Waals surface area contributed by atoms with E-state index in [0.29, 0.717) is 6.04 Å². The second-order valence-corrected chi connectivity index (χ2v) is 6.11. The summed E-state index contributed by atoms with van der Waals surface area (Å²) in [6, 6.07) is 0.611. The van der Waals surface area contributed by atoms with Crippen molar-refractivity contribution in [3.63, 3.8) is 0 Å². The molecule has 5 heteroatoms. The van der Waals surface area contributed by atoms with Crippen LogP contribution >= 0.6 is 0 Å². The van der Waals surface area contributed by atoms with Crippen molar-refractivity contribution in [2.45, 2.75) is 71.4 Å². The summed E-state index contributed by atoms with van der Waals surface area (Å²) in [4.78, 5) is 8.97. The third kappa shape index (κ3) is 5.70. The number of imidazole rings is 1. The molecule has 1 aromatic heterocycles. The second kappa shape index (κ2) is 9.49. The van der Waals surface area contributed by atoms with E-state index in [2.05, 4.69) is 34.0 Å². The highest BCUT2D eigenvalue weighted by Crippen LogP contribution is 2.17. The van der Waals surface area contributed by atoms with Crippen LogP contribution in [0.2, 0.25) is 0 Å². The topological polar surface area (TPSA) is 54.2 Å². The zero-order chi connectivity index (χ0) is 15.6. The highest BCUT2D eigenvalue weighted by molar-refractivity contribution is 5.80. The SMILES string of the molecule is CCNC(=NCCCCn1ccnc1C)NC1CCCCC1. The van der Waals surface area contributed by atoms with Crippen molar-refractivity contribution < 1.29 is 0 Å². The Labute approximate surface area is 134 Å². The molecule has 22 heavy (non-hydrogen) atoms. The van der Waals surface area contributed by atoms with E-state index in [9.17, 15) is 0 Å². The molecule has 0 atom stereocenters. The quantitative estimate of drug-likeness (QED) is 0.463.